The van der Waals surface area contributed by atoms with Crippen LogP contribution in [0, 0.1) is 28.6 Å². The number of fused-ring (bicyclic) bond motifs is 5. The van der Waals surface area contributed by atoms with Gasteiger partial charge in [0.25, 0.3) is 0 Å². The van der Waals surface area contributed by atoms with Crippen molar-refractivity contribution in [1.29, 1.82) is 0 Å². The number of nitrogens with zero attached hydrogens (tertiary/aromatic N) is 1. The number of ether oxygens (including phenoxy) is 2. The second-order valence-electron chi connectivity index (χ2n) is 9.40. The van der Waals surface area contributed by atoms with Crippen molar-refractivity contribution in [1.82, 2.24) is 0 Å². The van der Waals surface area contributed by atoms with Gasteiger partial charge in [0, 0.05) is 6.42 Å². The molecule has 1 saturated carbocycles. The topological polar surface area (TPSA) is 30.8 Å². The van der Waals surface area contributed by atoms with Gasteiger partial charge in [-0.1, -0.05) is 26.0 Å². The Morgan fingerprint density at radius 3 is 2.77 bits per heavy atom. The Hall–Kier alpha value is -1.35. The molecule has 5 atom stereocenters. The molecule has 140 valence electrons. The van der Waals surface area contributed by atoms with Gasteiger partial charge < -0.3 is 9.47 Å². The van der Waals surface area contributed by atoms with E-state index in [1.54, 1.807) is 5.57 Å². The lowest BCUT2D eigenvalue weighted by Crippen LogP contribution is -2.49. The second-order valence-corrected chi connectivity index (χ2v) is 9.40. The van der Waals surface area contributed by atoms with E-state index < -0.39 is 0 Å². The highest BCUT2D eigenvalue weighted by Gasteiger charge is 2.56. The smallest absolute Gasteiger partial charge is 0.138 e. The predicted molar refractivity (Wildman–Crippen MR) is 104 cm³/mol. The fraction of sp³-hybridized carbons (Fsp3) is 0.696. The van der Waals surface area contributed by atoms with E-state index in [-0.39, 0.29) is 0 Å². The third-order valence-corrected chi connectivity index (χ3v) is 8.47. The molecular formula is C23H31NO2. The highest BCUT2D eigenvalue weighted by atomic mass is 16.5. The highest BCUT2D eigenvalue weighted by molar-refractivity contribution is 6.03. The molecule has 0 amide bonds. The Morgan fingerprint density at radius 2 is 2.00 bits per heavy atom. The first kappa shape index (κ1) is 16.8. The van der Waals surface area contributed by atoms with E-state index in [9.17, 15) is 0 Å². The molecule has 0 bridgehead atoms. The molecule has 0 spiro atoms. The fourth-order valence-electron chi connectivity index (χ4n) is 6.95. The number of methoxy groups -OCH3 is 1. The lowest BCUT2D eigenvalue weighted by atomic mass is 9.48. The van der Waals surface area contributed by atoms with Crippen molar-refractivity contribution in [2.45, 2.75) is 52.4 Å². The molecule has 5 aliphatic rings. The maximum atomic E-state index is 5.56. The minimum Gasteiger partial charge on any atom is -0.501 e. The van der Waals surface area contributed by atoms with Crippen LogP contribution in [0.3, 0.4) is 0 Å². The summed E-state index contributed by atoms with van der Waals surface area (Å²) in [6.45, 7) is 6.31. The van der Waals surface area contributed by atoms with Crippen molar-refractivity contribution >= 4 is 5.71 Å². The molecule has 0 unspecified atom stereocenters. The third kappa shape index (κ3) is 2.19. The van der Waals surface area contributed by atoms with Crippen molar-refractivity contribution in [3.05, 3.63) is 35.1 Å². The zero-order valence-corrected chi connectivity index (χ0v) is 16.4. The van der Waals surface area contributed by atoms with Crippen LogP contribution < -0.4 is 0 Å². The standard InChI is InChI=1S/C23H31NO2/c1-22-10-8-16(25-3)12-15(22)4-5-17-18-6-7-20(21-13-26-14-24-21)23(18,2)11-9-19(17)22/h4,7,12,17-19H,5-6,8-11,13-14H2,1-3H3/t17-,18-,19-,22-,23-/m0/s1. The molecule has 0 saturated heterocycles. The fourth-order valence-corrected chi connectivity index (χ4v) is 6.95. The largest absolute Gasteiger partial charge is 0.501 e. The van der Waals surface area contributed by atoms with Crippen LogP contribution in [0.1, 0.15) is 52.4 Å². The number of aliphatic imine (C=N–C) groups is 1. The van der Waals surface area contributed by atoms with Crippen molar-refractivity contribution in [2.75, 3.05) is 20.4 Å². The molecule has 3 heteroatoms. The first-order valence-electron chi connectivity index (χ1n) is 10.3. The molecule has 4 aliphatic carbocycles. The van der Waals surface area contributed by atoms with Crippen molar-refractivity contribution in [2.24, 2.45) is 33.6 Å². The molecule has 0 aromatic rings. The maximum absolute atomic E-state index is 5.56. The van der Waals surface area contributed by atoms with Crippen molar-refractivity contribution in [3.63, 3.8) is 0 Å². The summed E-state index contributed by atoms with van der Waals surface area (Å²) in [6, 6.07) is 0. The number of hydrogen-bond acceptors (Lipinski definition) is 3. The SMILES string of the molecule is COC1=CC2=CC[C@@H]3[C@H](CC[C@]4(C)C(C5=NCOC5)=CC[C@@H]34)[C@@]2(C)CC1. The molecule has 0 aromatic heterocycles. The van der Waals surface area contributed by atoms with E-state index in [0.29, 0.717) is 24.2 Å². The molecule has 1 aliphatic heterocycles. The summed E-state index contributed by atoms with van der Waals surface area (Å²) in [5.74, 6) is 3.54. The molecule has 1 heterocycles. The summed E-state index contributed by atoms with van der Waals surface area (Å²) in [6.07, 6.45) is 14.8. The van der Waals surface area contributed by atoms with Gasteiger partial charge in [0.05, 0.1) is 25.2 Å². The molecule has 1 fully saturated rings. The Kier molecular flexibility index (Phi) is 3.76. The van der Waals surface area contributed by atoms with Crippen LogP contribution in [0.4, 0.5) is 0 Å². The van der Waals surface area contributed by atoms with E-state index in [4.69, 9.17) is 9.47 Å². The molecule has 0 N–H and O–H groups in total. The Balaban J connectivity index is 1.47. The molecule has 0 radical (unpaired) electrons. The van der Waals surface area contributed by atoms with E-state index >= 15 is 0 Å². The van der Waals surface area contributed by atoms with Gasteiger partial charge in [-0.3, -0.25) is 4.99 Å². The van der Waals surface area contributed by atoms with Gasteiger partial charge >= 0.3 is 0 Å². The number of allylic oxidation sites excluding steroid dienone is 5. The van der Waals surface area contributed by atoms with Gasteiger partial charge in [0.1, 0.15) is 6.73 Å². The zero-order chi connectivity index (χ0) is 17.9. The lowest BCUT2D eigenvalue weighted by molar-refractivity contribution is -0.00982. The van der Waals surface area contributed by atoms with E-state index in [1.807, 2.05) is 7.11 Å². The Morgan fingerprint density at radius 1 is 1.12 bits per heavy atom. The first-order valence-corrected chi connectivity index (χ1v) is 10.3. The predicted octanol–water partition coefficient (Wildman–Crippen LogP) is 5.05. The molecule has 0 aromatic carbocycles. The van der Waals surface area contributed by atoms with E-state index in [2.05, 4.69) is 37.1 Å². The highest BCUT2D eigenvalue weighted by Crippen LogP contribution is 2.64. The summed E-state index contributed by atoms with van der Waals surface area (Å²) in [5, 5.41) is 0. The number of hydrogen-bond donors (Lipinski definition) is 0. The van der Waals surface area contributed by atoms with Gasteiger partial charge in [0.15, 0.2) is 0 Å². The van der Waals surface area contributed by atoms with Gasteiger partial charge in [-0.25, -0.2) is 0 Å². The normalized spacial score (nSPS) is 44.2. The van der Waals surface area contributed by atoms with Crippen LogP contribution in [0.25, 0.3) is 0 Å². The van der Waals surface area contributed by atoms with Crippen molar-refractivity contribution in [3.8, 4) is 0 Å². The lowest BCUT2D eigenvalue weighted by Gasteiger charge is -2.56. The van der Waals surface area contributed by atoms with Gasteiger partial charge in [-0.15, -0.1) is 0 Å². The summed E-state index contributed by atoms with van der Waals surface area (Å²) in [7, 11) is 1.81. The van der Waals surface area contributed by atoms with E-state index in [0.717, 1.165) is 29.9 Å². The molecule has 3 nitrogen and oxygen atoms in total. The van der Waals surface area contributed by atoms with Crippen LogP contribution >= 0.6 is 0 Å². The second kappa shape index (κ2) is 5.82. The minimum atomic E-state index is 0.303. The van der Waals surface area contributed by atoms with Gasteiger partial charge in [0.2, 0.25) is 0 Å². The maximum Gasteiger partial charge on any atom is 0.138 e. The van der Waals surface area contributed by atoms with E-state index in [1.165, 1.54) is 43.4 Å². The average Bonchev–Trinajstić information content (AvgIpc) is 3.27. The minimum absolute atomic E-state index is 0.303. The molecular weight excluding hydrogens is 322 g/mol. The quantitative estimate of drug-likeness (QED) is 0.695. The van der Waals surface area contributed by atoms with Gasteiger partial charge in [-0.05, 0) is 77.9 Å². The van der Waals surface area contributed by atoms with Crippen LogP contribution in [-0.4, -0.2) is 26.2 Å². The van der Waals surface area contributed by atoms with Crippen LogP contribution in [0.2, 0.25) is 0 Å². The van der Waals surface area contributed by atoms with Gasteiger partial charge in [-0.2, -0.15) is 0 Å². The Labute approximate surface area is 157 Å². The molecule has 26 heavy (non-hydrogen) atoms. The van der Waals surface area contributed by atoms with Crippen LogP contribution in [0.5, 0.6) is 0 Å². The summed E-state index contributed by atoms with van der Waals surface area (Å²) in [4.78, 5) is 4.65. The average molecular weight is 354 g/mol. The summed E-state index contributed by atoms with van der Waals surface area (Å²) < 4.78 is 11.1. The van der Waals surface area contributed by atoms with Crippen LogP contribution in [-0.2, 0) is 9.47 Å². The van der Waals surface area contributed by atoms with Crippen molar-refractivity contribution < 1.29 is 9.47 Å². The first-order chi connectivity index (χ1) is 12.6. The third-order valence-electron chi connectivity index (χ3n) is 8.47. The zero-order valence-electron chi connectivity index (χ0n) is 16.4. The van der Waals surface area contributed by atoms with Crippen LogP contribution in [0.15, 0.2) is 40.1 Å². The Bertz CT molecular complexity index is 745. The summed E-state index contributed by atoms with van der Waals surface area (Å²) in [5.41, 5.74) is 4.94. The summed E-state index contributed by atoms with van der Waals surface area (Å²) >= 11 is 0. The number of rotatable bonds is 2. The monoisotopic (exact) mass is 353 g/mol. The molecule has 5 rings (SSSR count).